The van der Waals surface area contributed by atoms with E-state index in [9.17, 15) is 4.79 Å². The fraction of sp³-hybridized carbons (Fsp3) is 0.360. The van der Waals surface area contributed by atoms with Crippen LogP contribution in [-0.4, -0.2) is 69.9 Å². The Labute approximate surface area is 194 Å². The molecule has 0 spiro atoms. The normalized spacial score (nSPS) is 21.4. The zero-order valence-corrected chi connectivity index (χ0v) is 18.7. The minimum Gasteiger partial charge on any atom is -0.355 e. The Kier molecular flexibility index (Phi) is 6.55. The van der Waals surface area contributed by atoms with E-state index in [0.29, 0.717) is 24.9 Å². The first kappa shape index (κ1) is 21.5. The fourth-order valence-corrected chi connectivity index (χ4v) is 4.38. The predicted octanol–water partition coefficient (Wildman–Crippen LogP) is 2.46. The molecule has 4 heterocycles. The van der Waals surface area contributed by atoms with E-state index in [4.69, 9.17) is 0 Å². The lowest BCUT2D eigenvalue weighted by atomic mass is 10.1. The molecule has 3 aliphatic rings. The second-order valence-corrected chi connectivity index (χ2v) is 8.66. The number of fused-ring (bicyclic) bond motifs is 7. The lowest BCUT2D eigenvalue weighted by molar-refractivity contribution is -0.122. The largest absolute Gasteiger partial charge is 0.355 e. The van der Waals surface area contributed by atoms with Crippen molar-refractivity contribution in [2.45, 2.75) is 19.4 Å². The Balaban J connectivity index is 1.40. The summed E-state index contributed by atoms with van der Waals surface area (Å²) in [6.07, 6.45) is 3.32. The molecule has 6 rings (SSSR count). The minimum absolute atomic E-state index is 0.111. The molecule has 1 saturated heterocycles. The standard InChI is InChI=1S/C25H29N7O/c33-23-17-32-12-10-31(11-13-32)16-20-5-2-8-22(15-20)29-25-28-18-27-24(30-25)21-7-1-4-19(14-21)6-3-9-26-23/h1-2,4-5,7-8,14-15,18H,3,6,9-13,16-17H2,(H,26,33)(H,27,28,29,30). The molecule has 0 radical (unpaired) electrons. The van der Waals surface area contributed by atoms with Crippen molar-refractivity contribution in [1.29, 1.82) is 0 Å². The average molecular weight is 444 g/mol. The SMILES string of the molecule is O=C1CN2CCN(CC2)Cc2cccc(c2)Nc2ncnc(n2)-c2cccc(c2)CCCN1. The molecule has 1 amide bonds. The average Bonchev–Trinajstić information content (AvgIpc) is 2.83. The van der Waals surface area contributed by atoms with Crippen molar-refractivity contribution >= 4 is 17.5 Å². The van der Waals surface area contributed by atoms with E-state index < -0.39 is 0 Å². The van der Waals surface area contributed by atoms with E-state index in [2.05, 4.69) is 65.7 Å². The number of aromatic nitrogens is 3. The zero-order valence-electron chi connectivity index (χ0n) is 18.7. The van der Waals surface area contributed by atoms with Gasteiger partial charge in [-0.15, -0.1) is 0 Å². The van der Waals surface area contributed by atoms with E-state index in [1.54, 1.807) is 6.33 Å². The topological polar surface area (TPSA) is 86.3 Å². The number of amides is 1. The third-order valence-corrected chi connectivity index (χ3v) is 6.14. The quantitative estimate of drug-likeness (QED) is 0.552. The highest BCUT2D eigenvalue weighted by molar-refractivity contribution is 5.78. The Morgan fingerprint density at radius 1 is 0.848 bits per heavy atom. The van der Waals surface area contributed by atoms with Crippen LogP contribution in [0.25, 0.3) is 11.4 Å². The first-order chi connectivity index (χ1) is 16.2. The molecule has 0 aliphatic carbocycles. The number of rotatable bonds is 0. The van der Waals surface area contributed by atoms with Crippen LogP contribution >= 0.6 is 0 Å². The van der Waals surface area contributed by atoms with E-state index in [1.165, 1.54) is 11.1 Å². The number of hydrogen-bond donors (Lipinski definition) is 2. The summed E-state index contributed by atoms with van der Waals surface area (Å²) in [5.74, 6) is 1.28. The van der Waals surface area contributed by atoms with Crippen LogP contribution in [0.4, 0.5) is 11.6 Å². The molecule has 2 N–H and O–H groups in total. The third-order valence-electron chi connectivity index (χ3n) is 6.14. The Morgan fingerprint density at radius 2 is 1.64 bits per heavy atom. The monoisotopic (exact) mass is 443 g/mol. The highest BCUT2D eigenvalue weighted by Gasteiger charge is 2.19. The fourth-order valence-electron chi connectivity index (χ4n) is 4.38. The van der Waals surface area contributed by atoms with Gasteiger partial charge in [0.25, 0.3) is 0 Å². The van der Waals surface area contributed by atoms with Crippen molar-refractivity contribution in [3.8, 4) is 11.4 Å². The smallest absolute Gasteiger partial charge is 0.234 e. The number of carbonyl (C=O) groups excluding carboxylic acids is 1. The molecule has 33 heavy (non-hydrogen) atoms. The van der Waals surface area contributed by atoms with Gasteiger partial charge in [0.2, 0.25) is 11.9 Å². The lowest BCUT2D eigenvalue weighted by Gasteiger charge is -2.34. The van der Waals surface area contributed by atoms with Crippen molar-refractivity contribution in [3.05, 3.63) is 66.0 Å². The third kappa shape index (κ3) is 5.71. The maximum atomic E-state index is 12.4. The summed E-state index contributed by atoms with van der Waals surface area (Å²) in [6, 6.07) is 16.6. The van der Waals surface area contributed by atoms with Crippen LogP contribution in [0.2, 0.25) is 0 Å². The molecule has 1 fully saturated rings. The molecule has 1 aromatic heterocycles. The van der Waals surface area contributed by atoms with Crippen LogP contribution in [-0.2, 0) is 17.8 Å². The van der Waals surface area contributed by atoms with Crippen LogP contribution in [0.5, 0.6) is 0 Å². The molecular formula is C25H29N7O. The first-order valence-electron chi connectivity index (χ1n) is 11.6. The Hall–Kier alpha value is -3.36. The van der Waals surface area contributed by atoms with Crippen molar-refractivity contribution in [2.24, 2.45) is 0 Å². The van der Waals surface area contributed by atoms with Gasteiger partial charge < -0.3 is 10.6 Å². The number of benzene rings is 2. The van der Waals surface area contributed by atoms with Gasteiger partial charge in [-0.05, 0) is 42.2 Å². The van der Waals surface area contributed by atoms with E-state index in [-0.39, 0.29) is 5.91 Å². The number of anilines is 2. The van der Waals surface area contributed by atoms with Gasteiger partial charge in [0.15, 0.2) is 5.82 Å². The molecule has 0 atom stereocenters. The second kappa shape index (κ2) is 10.1. The summed E-state index contributed by atoms with van der Waals surface area (Å²) >= 11 is 0. The number of hydrogen-bond acceptors (Lipinski definition) is 7. The van der Waals surface area contributed by atoms with Gasteiger partial charge in [-0.3, -0.25) is 14.6 Å². The maximum Gasteiger partial charge on any atom is 0.234 e. The molecule has 0 unspecified atom stereocenters. The molecule has 8 nitrogen and oxygen atoms in total. The van der Waals surface area contributed by atoms with Crippen molar-refractivity contribution in [1.82, 2.24) is 30.1 Å². The molecule has 2 aromatic carbocycles. The van der Waals surface area contributed by atoms with Crippen LogP contribution in [0.15, 0.2) is 54.9 Å². The molecular weight excluding hydrogens is 414 g/mol. The summed E-state index contributed by atoms with van der Waals surface area (Å²) in [5, 5.41) is 6.41. The van der Waals surface area contributed by atoms with Gasteiger partial charge in [0.05, 0.1) is 6.54 Å². The van der Waals surface area contributed by atoms with Crippen LogP contribution < -0.4 is 10.6 Å². The Bertz CT molecular complexity index is 1110. The molecule has 170 valence electrons. The van der Waals surface area contributed by atoms with E-state index >= 15 is 0 Å². The van der Waals surface area contributed by atoms with Gasteiger partial charge >= 0.3 is 0 Å². The highest BCUT2D eigenvalue weighted by Crippen LogP contribution is 2.21. The van der Waals surface area contributed by atoms with Crippen molar-refractivity contribution in [2.75, 3.05) is 44.6 Å². The second-order valence-electron chi connectivity index (χ2n) is 8.66. The van der Waals surface area contributed by atoms with Gasteiger partial charge in [-0.25, -0.2) is 9.97 Å². The summed E-state index contributed by atoms with van der Waals surface area (Å²) in [5.41, 5.74) is 4.35. The number of nitrogens with one attached hydrogen (secondary N) is 2. The predicted molar refractivity (Wildman–Crippen MR) is 128 cm³/mol. The number of carbonyl (C=O) groups is 1. The minimum atomic E-state index is 0.111. The van der Waals surface area contributed by atoms with E-state index in [1.807, 2.05) is 18.2 Å². The number of aryl methyl sites for hydroxylation is 1. The van der Waals surface area contributed by atoms with E-state index in [0.717, 1.165) is 56.8 Å². The molecule has 3 aliphatic heterocycles. The van der Waals surface area contributed by atoms with Crippen LogP contribution in [0.3, 0.4) is 0 Å². The maximum absolute atomic E-state index is 12.4. The summed E-state index contributed by atoms with van der Waals surface area (Å²) in [6.45, 7) is 5.76. The number of piperazine rings is 1. The Morgan fingerprint density at radius 3 is 2.52 bits per heavy atom. The van der Waals surface area contributed by atoms with Gasteiger partial charge in [0.1, 0.15) is 6.33 Å². The number of nitrogens with zero attached hydrogens (tertiary/aromatic N) is 5. The van der Waals surface area contributed by atoms with Crippen LogP contribution in [0, 0.1) is 0 Å². The van der Waals surface area contributed by atoms with Crippen molar-refractivity contribution in [3.63, 3.8) is 0 Å². The molecule has 8 bridgehead atoms. The van der Waals surface area contributed by atoms with Crippen molar-refractivity contribution < 1.29 is 4.79 Å². The summed E-state index contributed by atoms with van der Waals surface area (Å²) in [4.78, 5) is 30.4. The lowest BCUT2D eigenvalue weighted by Crippen LogP contribution is -2.49. The molecule has 0 saturated carbocycles. The summed E-state index contributed by atoms with van der Waals surface area (Å²) < 4.78 is 0. The van der Waals surface area contributed by atoms with Gasteiger partial charge in [-0.1, -0.05) is 30.3 Å². The van der Waals surface area contributed by atoms with Crippen LogP contribution in [0.1, 0.15) is 17.5 Å². The molecule has 8 heteroatoms. The summed E-state index contributed by atoms with van der Waals surface area (Å²) in [7, 11) is 0. The van der Waals surface area contributed by atoms with Gasteiger partial charge in [0, 0.05) is 50.5 Å². The highest BCUT2D eigenvalue weighted by atomic mass is 16.2. The van der Waals surface area contributed by atoms with Gasteiger partial charge in [-0.2, -0.15) is 4.98 Å². The molecule has 3 aromatic rings. The zero-order chi connectivity index (χ0) is 22.5. The first-order valence-corrected chi connectivity index (χ1v) is 11.6.